The first-order chi connectivity index (χ1) is 9.38. The van der Waals surface area contributed by atoms with Gasteiger partial charge in [-0.2, -0.15) is 0 Å². The normalized spacial score (nSPS) is 10.4. The van der Waals surface area contributed by atoms with E-state index in [-0.39, 0.29) is 21.6 Å². The number of pyridine rings is 1. The SMILES string of the molecule is Cc1cc(NC(=O)c2cc(Cl)c(N)c(Cl)c2)cnc1Cl. The number of amides is 1. The van der Waals surface area contributed by atoms with Gasteiger partial charge in [-0.25, -0.2) is 4.98 Å². The number of hydrogen-bond donors (Lipinski definition) is 2. The summed E-state index contributed by atoms with van der Waals surface area (Å²) in [5.41, 5.74) is 7.46. The number of benzene rings is 1. The van der Waals surface area contributed by atoms with Gasteiger partial charge in [0.05, 0.1) is 27.6 Å². The Bertz CT molecular complexity index is 666. The van der Waals surface area contributed by atoms with Crippen molar-refractivity contribution in [1.29, 1.82) is 0 Å². The molecule has 104 valence electrons. The summed E-state index contributed by atoms with van der Waals surface area (Å²) >= 11 is 17.6. The molecule has 0 aliphatic carbocycles. The van der Waals surface area contributed by atoms with Gasteiger partial charge in [0.25, 0.3) is 5.91 Å². The molecule has 2 aromatic rings. The Balaban J connectivity index is 2.26. The zero-order chi connectivity index (χ0) is 14.9. The second-order valence-corrected chi connectivity index (χ2v) is 5.31. The molecule has 0 saturated carbocycles. The number of nitrogens with one attached hydrogen (secondary N) is 1. The zero-order valence-electron chi connectivity index (χ0n) is 10.4. The highest BCUT2D eigenvalue weighted by atomic mass is 35.5. The van der Waals surface area contributed by atoms with Crippen molar-refractivity contribution in [3.63, 3.8) is 0 Å². The molecule has 1 amide bonds. The number of rotatable bonds is 2. The predicted molar refractivity (Wildman–Crippen MR) is 82.8 cm³/mol. The van der Waals surface area contributed by atoms with E-state index in [9.17, 15) is 4.79 Å². The third kappa shape index (κ3) is 3.15. The van der Waals surface area contributed by atoms with Crippen molar-refractivity contribution >= 4 is 52.1 Å². The number of carbonyl (C=O) groups excluding carboxylic acids is 1. The number of aromatic nitrogens is 1. The first kappa shape index (κ1) is 14.9. The van der Waals surface area contributed by atoms with Crippen molar-refractivity contribution in [2.45, 2.75) is 6.92 Å². The maximum atomic E-state index is 12.1. The number of nitrogen functional groups attached to an aromatic ring is 1. The average molecular weight is 331 g/mol. The minimum atomic E-state index is -0.364. The third-order valence-electron chi connectivity index (χ3n) is 2.61. The molecule has 0 radical (unpaired) electrons. The summed E-state index contributed by atoms with van der Waals surface area (Å²) < 4.78 is 0. The van der Waals surface area contributed by atoms with Gasteiger partial charge in [0, 0.05) is 5.56 Å². The van der Waals surface area contributed by atoms with Crippen LogP contribution in [-0.4, -0.2) is 10.9 Å². The van der Waals surface area contributed by atoms with E-state index in [1.807, 2.05) is 0 Å². The summed E-state index contributed by atoms with van der Waals surface area (Å²) in [5.74, 6) is -0.364. The van der Waals surface area contributed by atoms with Gasteiger partial charge < -0.3 is 11.1 Å². The molecular formula is C13H10Cl3N3O. The summed E-state index contributed by atoms with van der Waals surface area (Å²) in [6.07, 6.45) is 1.47. The lowest BCUT2D eigenvalue weighted by Gasteiger charge is -2.08. The lowest BCUT2D eigenvalue weighted by atomic mass is 10.2. The molecule has 1 heterocycles. The summed E-state index contributed by atoms with van der Waals surface area (Å²) in [6.45, 7) is 1.79. The van der Waals surface area contributed by atoms with E-state index in [0.29, 0.717) is 16.4 Å². The van der Waals surface area contributed by atoms with Crippen LogP contribution in [0.15, 0.2) is 24.4 Å². The van der Waals surface area contributed by atoms with E-state index in [4.69, 9.17) is 40.5 Å². The standard InChI is InChI=1S/C13H10Cl3N3O/c1-6-2-8(5-18-12(6)16)19-13(20)7-3-9(14)11(17)10(15)4-7/h2-5H,17H2,1H3,(H,19,20). The molecule has 20 heavy (non-hydrogen) atoms. The Kier molecular flexibility index (Phi) is 4.38. The lowest BCUT2D eigenvalue weighted by molar-refractivity contribution is 0.102. The maximum absolute atomic E-state index is 12.1. The number of anilines is 2. The van der Waals surface area contributed by atoms with Crippen LogP contribution in [0.4, 0.5) is 11.4 Å². The highest BCUT2D eigenvalue weighted by molar-refractivity contribution is 6.39. The fraction of sp³-hybridized carbons (Fsp3) is 0.0769. The fourth-order valence-corrected chi connectivity index (χ4v) is 2.14. The first-order valence-electron chi connectivity index (χ1n) is 5.56. The molecule has 4 nitrogen and oxygen atoms in total. The molecule has 7 heteroatoms. The molecule has 0 unspecified atom stereocenters. The molecule has 0 bridgehead atoms. The maximum Gasteiger partial charge on any atom is 0.255 e. The van der Waals surface area contributed by atoms with E-state index in [0.717, 1.165) is 5.56 Å². The van der Waals surface area contributed by atoms with Crippen LogP contribution in [0.2, 0.25) is 15.2 Å². The Morgan fingerprint density at radius 2 is 1.80 bits per heavy atom. The summed E-state index contributed by atoms with van der Waals surface area (Å²) in [6, 6.07) is 4.62. The Morgan fingerprint density at radius 3 is 2.35 bits per heavy atom. The van der Waals surface area contributed by atoms with Crippen LogP contribution in [-0.2, 0) is 0 Å². The van der Waals surface area contributed by atoms with Crippen molar-refractivity contribution in [1.82, 2.24) is 4.98 Å². The second-order valence-electron chi connectivity index (χ2n) is 4.14. The molecule has 0 atom stereocenters. The van der Waals surface area contributed by atoms with Crippen LogP contribution in [0, 0.1) is 6.92 Å². The molecule has 3 N–H and O–H groups in total. The van der Waals surface area contributed by atoms with Crippen molar-refractivity contribution in [2.75, 3.05) is 11.1 Å². The van der Waals surface area contributed by atoms with Gasteiger partial charge in [-0.05, 0) is 30.7 Å². The van der Waals surface area contributed by atoms with Crippen molar-refractivity contribution < 1.29 is 4.79 Å². The highest BCUT2D eigenvalue weighted by Gasteiger charge is 2.12. The molecule has 2 rings (SSSR count). The Hall–Kier alpha value is -1.49. The minimum absolute atomic E-state index is 0.230. The van der Waals surface area contributed by atoms with Crippen LogP contribution in [0.3, 0.4) is 0 Å². The van der Waals surface area contributed by atoms with Crippen molar-refractivity contribution in [3.05, 3.63) is 50.7 Å². The number of hydrogen-bond acceptors (Lipinski definition) is 3. The van der Waals surface area contributed by atoms with E-state index in [2.05, 4.69) is 10.3 Å². The topological polar surface area (TPSA) is 68.0 Å². The number of halogens is 3. The van der Waals surface area contributed by atoms with E-state index in [1.165, 1.54) is 18.3 Å². The van der Waals surface area contributed by atoms with E-state index in [1.54, 1.807) is 13.0 Å². The smallest absolute Gasteiger partial charge is 0.255 e. The molecular weight excluding hydrogens is 321 g/mol. The number of aryl methyl sites for hydroxylation is 1. The van der Waals surface area contributed by atoms with Crippen LogP contribution < -0.4 is 11.1 Å². The molecule has 0 aliphatic rings. The first-order valence-corrected chi connectivity index (χ1v) is 6.70. The van der Waals surface area contributed by atoms with Gasteiger partial charge in [0.1, 0.15) is 5.15 Å². The molecule has 1 aromatic carbocycles. The minimum Gasteiger partial charge on any atom is -0.396 e. The van der Waals surface area contributed by atoms with Crippen LogP contribution >= 0.6 is 34.8 Å². The van der Waals surface area contributed by atoms with Gasteiger partial charge in [-0.15, -0.1) is 0 Å². The van der Waals surface area contributed by atoms with Gasteiger partial charge in [0.15, 0.2) is 0 Å². The zero-order valence-corrected chi connectivity index (χ0v) is 12.6. The fourth-order valence-electron chi connectivity index (χ4n) is 1.55. The van der Waals surface area contributed by atoms with E-state index >= 15 is 0 Å². The predicted octanol–water partition coefficient (Wildman–Crippen LogP) is 4.18. The summed E-state index contributed by atoms with van der Waals surface area (Å²) in [4.78, 5) is 16.0. The molecule has 0 aliphatic heterocycles. The van der Waals surface area contributed by atoms with Crippen LogP contribution in [0.1, 0.15) is 15.9 Å². The lowest BCUT2D eigenvalue weighted by Crippen LogP contribution is -2.12. The number of nitrogens with zero attached hydrogens (tertiary/aromatic N) is 1. The second kappa shape index (κ2) is 5.87. The summed E-state index contributed by atoms with van der Waals surface area (Å²) in [7, 11) is 0. The van der Waals surface area contributed by atoms with Crippen molar-refractivity contribution in [2.24, 2.45) is 0 Å². The monoisotopic (exact) mass is 329 g/mol. The molecule has 0 spiro atoms. The molecule has 0 fully saturated rings. The van der Waals surface area contributed by atoms with Crippen LogP contribution in [0.5, 0.6) is 0 Å². The quantitative estimate of drug-likeness (QED) is 0.641. The Labute approximate surface area is 130 Å². The van der Waals surface area contributed by atoms with Gasteiger partial charge >= 0.3 is 0 Å². The van der Waals surface area contributed by atoms with Gasteiger partial charge in [-0.1, -0.05) is 34.8 Å². The summed E-state index contributed by atoms with van der Waals surface area (Å²) in [5, 5.41) is 3.53. The Morgan fingerprint density at radius 1 is 1.20 bits per heavy atom. The largest absolute Gasteiger partial charge is 0.396 e. The number of carbonyl (C=O) groups is 1. The molecule has 0 saturated heterocycles. The average Bonchev–Trinajstić information content (AvgIpc) is 2.39. The van der Waals surface area contributed by atoms with Gasteiger partial charge in [-0.3, -0.25) is 4.79 Å². The highest BCUT2D eigenvalue weighted by Crippen LogP contribution is 2.29. The molecule has 1 aromatic heterocycles. The van der Waals surface area contributed by atoms with Crippen LogP contribution in [0.25, 0.3) is 0 Å². The van der Waals surface area contributed by atoms with E-state index < -0.39 is 0 Å². The number of nitrogens with two attached hydrogens (primary N) is 1. The van der Waals surface area contributed by atoms with Gasteiger partial charge in [0.2, 0.25) is 0 Å². The van der Waals surface area contributed by atoms with Crippen molar-refractivity contribution in [3.8, 4) is 0 Å². The third-order valence-corrected chi connectivity index (χ3v) is 3.63.